The van der Waals surface area contributed by atoms with Crippen molar-refractivity contribution >= 4 is 52.2 Å². The molecular weight excluding hydrogens is 720 g/mol. The minimum atomic E-state index is -4.63. The molecule has 8 rings (SSSR count). The van der Waals surface area contributed by atoms with Crippen molar-refractivity contribution in [3.8, 4) is 17.2 Å². The number of carbonyl (C=O) groups excluding carboxylic acids is 3. The van der Waals surface area contributed by atoms with E-state index in [2.05, 4.69) is 10.3 Å². The lowest BCUT2D eigenvalue weighted by molar-refractivity contribution is -0.137. The number of fused-ring (bicyclic) bond motifs is 9. The molecule has 270 valence electrons. The molecule has 1 saturated heterocycles. The highest BCUT2D eigenvalue weighted by Gasteiger charge is 2.69. The summed E-state index contributed by atoms with van der Waals surface area (Å²) in [5.74, 6) is -2.22. The highest BCUT2D eigenvalue weighted by Crippen LogP contribution is 2.69. The number of aromatic nitrogens is 1. The van der Waals surface area contributed by atoms with Crippen molar-refractivity contribution in [1.29, 1.82) is 0 Å². The summed E-state index contributed by atoms with van der Waals surface area (Å²) in [4.78, 5) is 57.9. The van der Waals surface area contributed by atoms with Crippen molar-refractivity contribution < 1.29 is 41.8 Å². The van der Waals surface area contributed by atoms with Crippen molar-refractivity contribution in [2.45, 2.75) is 35.7 Å². The number of aromatic amines is 1. The molecule has 2 saturated carbocycles. The molecule has 1 aromatic heterocycles. The largest absolute Gasteiger partial charge is 0.497 e. The van der Waals surface area contributed by atoms with Crippen LogP contribution in [-0.2, 0) is 20.6 Å². The fourth-order valence-corrected chi connectivity index (χ4v) is 11.5. The van der Waals surface area contributed by atoms with E-state index in [0.717, 1.165) is 38.8 Å². The lowest BCUT2D eigenvalue weighted by Crippen LogP contribution is -2.42. The lowest BCUT2D eigenvalue weighted by Gasteiger charge is -2.43. The van der Waals surface area contributed by atoms with Gasteiger partial charge in [0.2, 0.25) is 11.8 Å². The molecule has 3 fully saturated rings. The third kappa shape index (κ3) is 5.74. The standard InChI is InChI=1S/C37H32F3N3O7S2/c1-3-49-25-13-17(7-12-24(25)50-16-26(44)41-19-8-10-21(48-2)11-9-19)27-28-22-15-23(31(28)51-33-32(27)52-36(47)42-33)30-29(22)34(45)43(35(30)46)20-6-4-5-18(14-20)37(38,39)40/h4-14,22-23,27-31H,3,15-16H2,1-2H3,(H,41,44)(H,42,47)/t22-,23-,27-,28?,29?,30?,31?/m1/s1. The minimum Gasteiger partial charge on any atom is -0.497 e. The normalized spacial score (nSPS) is 25.8. The number of rotatable bonds is 9. The predicted molar refractivity (Wildman–Crippen MR) is 187 cm³/mol. The highest BCUT2D eigenvalue weighted by atomic mass is 32.2. The van der Waals surface area contributed by atoms with Crippen LogP contribution < -0.4 is 29.3 Å². The molecule has 4 aliphatic rings. The van der Waals surface area contributed by atoms with Crippen molar-refractivity contribution in [1.82, 2.24) is 4.98 Å². The van der Waals surface area contributed by atoms with Gasteiger partial charge in [0, 0.05) is 21.7 Å². The summed E-state index contributed by atoms with van der Waals surface area (Å²) in [6.45, 7) is 1.85. The number of ether oxygens (including phenoxy) is 3. The Hall–Kier alpha value is -4.76. The Morgan fingerprint density at radius 1 is 0.962 bits per heavy atom. The Bertz CT molecular complexity index is 2140. The van der Waals surface area contributed by atoms with Gasteiger partial charge in [-0.3, -0.25) is 24.1 Å². The Balaban J connectivity index is 1.09. The van der Waals surface area contributed by atoms with Gasteiger partial charge < -0.3 is 24.5 Å². The first-order valence-electron chi connectivity index (χ1n) is 16.7. The van der Waals surface area contributed by atoms with Gasteiger partial charge in [-0.1, -0.05) is 23.5 Å². The number of H-pyrrole nitrogens is 1. The molecule has 3 aromatic carbocycles. The van der Waals surface area contributed by atoms with E-state index in [1.54, 1.807) is 37.4 Å². The molecule has 2 bridgehead atoms. The second-order valence-corrected chi connectivity index (χ2v) is 15.4. The summed E-state index contributed by atoms with van der Waals surface area (Å²) < 4.78 is 57.8. The number of methoxy groups -OCH3 is 1. The van der Waals surface area contributed by atoms with Crippen molar-refractivity contribution in [3.05, 3.63) is 92.4 Å². The van der Waals surface area contributed by atoms with E-state index in [4.69, 9.17) is 14.2 Å². The maximum Gasteiger partial charge on any atom is 0.416 e. The molecule has 2 N–H and O–H groups in total. The molecule has 3 amide bonds. The Kier molecular flexibility index (Phi) is 8.60. The quantitative estimate of drug-likeness (QED) is 0.184. The van der Waals surface area contributed by atoms with Gasteiger partial charge in [0.25, 0.3) is 5.91 Å². The van der Waals surface area contributed by atoms with Crippen LogP contribution in [0.4, 0.5) is 24.5 Å². The lowest BCUT2D eigenvalue weighted by atomic mass is 9.68. The highest BCUT2D eigenvalue weighted by molar-refractivity contribution is 8.00. The van der Waals surface area contributed by atoms with E-state index >= 15 is 0 Å². The van der Waals surface area contributed by atoms with Gasteiger partial charge in [-0.15, -0.1) is 11.8 Å². The summed E-state index contributed by atoms with van der Waals surface area (Å²) in [5, 5.41) is 3.37. The molecule has 52 heavy (non-hydrogen) atoms. The van der Waals surface area contributed by atoms with Gasteiger partial charge in [-0.25, -0.2) is 0 Å². The van der Waals surface area contributed by atoms with Gasteiger partial charge >= 0.3 is 11.0 Å². The predicted octanol–water partition coefficient (Wildman–Crippen LogP) is 6.56. The average Bonchev–Trinajstić information content (AvgIpc) is 3.86. The van der Waals surface area contributed by atoms with Gasteiger partial charge in [0.05, 0.1) is 41.8 Å². The molecule has 4 aromatic rings. The maximum atomic E-state index is 14.1. The summed E-state index contributed by atoms with van der Waals surface area (Å²) in [5.41, 5.74) is 0.387. The molecule has 15 heteroatoms. The summed E-state index contributed by atoms with van der Waals surface area (Å²) >= 11 is 2.62. The number of imide groups is 1. The third-order valence-corrected chi connectivity index (χ3v) is 13.1. The number of amides is 3. The number of hydrogen-bond donors (Lipinski definition) is 2. The molecule has 2 aliphatic carbocycles. The third-order valence-electron chi connectivity index (χ3n) is 10.5. The number of alkyl halides is 3. The monoisotopic (exact) mass is 751 g/mol. The van der Waals surface area contributed by atoms with E-state index in [0.29, 0.717) is 41.0 Å². The van der Waals surface area contributed by atoms with Gasteiger partial charge in [0.15, 0.2) is 18.1 Å². The van der Waals surface area contributed by atoms with Crippen LogP contribution in [0, 0.1) is 29.6 Å². The fourth-order valence-electron chi connectivity index (χ4n) is 8.59. The average molecular weight is 752 g/mol. The van der Waals surface area contributed by atoms with E-state index < -0.39 is 35.4 Å². The number of carbonyl (C=O) groups is 3. The first-order chi connectivity index (χ1) is 25.0. The van der Waals surface area contributed by atoms with Crippen molar-refractivity contribution in [3.63, 3.8) is 0 Å². The van der Waals surface area contributed by atoms with Gasteiger partial charge in [0.1, 0.15) is 5.75 Å². The second kappa shape index (κ2) is 13.0. The van der Waals surface area contributed by atoms with Crippen LogP contribution in [0.1, 0.15) is 35.3 Å². The van der Waals surface area contributed by atoms with Crippen LogP contribution in [0.2, 0.25) is 0 Å². The van der Waals surface area contributed by atoms with Crippen LogP contribution in [-0.4, -0.2) is 48.3 Å². The van der Waals surface area contributed by atoms with Crippen LogP contribution >= 0.6 is 23.1 Å². The minimum absolute atomic E-state index is 0.0798. The van der Waals surface area contributed by atoms with E-state index in [-0.39, 0.29) is 52.0 Å². The van der Waals surface area contributed by atoms with Gasteiger partial charge in [-0.2, -0.15) is 13.2 Å². The Morgan fingerprint density at radius 2 is 1.71 bits per heavy atom. The zero-order valence-electron chi connectivity index (χ0n) is 27.8. The number of hydrogen-bond acceptors (Lipinski definition) is 9. The second-order valence-electron chi connectivity index (χ2n) is 13.2. The summed E-state index contributed by atoms with van der Waals surface area (Å²) in [6, 6.07) is 16.7. The maximum absolute atomic E-state index is 14.1. The van der Waals surface area contributed by atoms with Crippen molar-refractivity contribution in [2.75, 3.05) is 30.5 Å². The number of nitrogens with one attached hydrogen (secondary N) is 2. The first-order valence-corrected chi connectivity index (χ1v) is 18.4. The number of thiazole rings is 1. The van der Waals surface area contributed by atoms with Crippen LogP contribution in [0.15, 0.2) is 76.6 Å². The Morgan fingerprint density at radius 3 is 2.42 bits per heavy atom. The van der Waals surface area contributed by atoms with E-state index in [1.807, 2.05) is 19.1 Å². The first kappa shape index (κ1) is 34.3. The molecule has 2 aliphatic heterocycles. The summed E-state index contributed by atoms with van der Waals surface area (Å²) in [6.07, 6.45) is -4.02. The number of halogens is 3. The number of anilines is 2. The van der Waals surface area contributed by atoms with Crippen LogP contribution in [0.5, 0.6) is 17.2 Å². The van der Waals surface area contributed by atoms with Crippen LogP contribution in [0.3, 0.4) is 0 Å². The molecule has 7 atom stereocenters. The molecule has 0 spiro atoms. The topological polar surface area (TPSA) is 127 Å². The molecule has 10 nitrogen and oxygen atoms in total. The Labute approximate surface area is 303 Å². The smallest absolute Gasteiger partial charge is 0.416 e. The van der Waals surface area contributed by atoms with Crippen LogP contribution in [0.25, 0.3) is 0 Å². The molecule has 3 heterocycles. The molecule has 0 radical (unpaired) electrons. The van der Waals surface area contributed by atoms with Gasteiger partial charge in [-0.05, 0) is 91.3 Å². The zero-order valence-corrected chi connectivity index (χ0v) is 29.4. The SMILES string of the molecule is CCOc1cc([C@H]2c3sc(=O)[nH]c3SC3C2[C@H]2C[C@@H]3C3C(=O)N(c4cccc(C(F)(F)F)c4)C(=O)C32)ccc1OCC(=O)Nc1ccc(OC)cc1. The number of nitrogens with zero attached hydrogens (tertiary/aromatic N) is 1. The molecular formula is C37H32F3N3O7S2. The number of thioether (sulfide) groups is 1. The van der Waals surface area contributed by atoms with E-state index in [1.165, 1.54) is 23.9 Å². The zero-order chi connectivity index (χ0) is 36.5. The summed E-state index contributed by atoms with van der Waals surface area (Å²) in [7, 11) is 1.55. The van der Waals surface area contributed by atoms with E-state index in [9.17, 15) is 32.3 Å². The fraction of sp³-hybridized carbons (Fsp3) is 0.351. The number of benzene rings is 3. The van der Waals surface area contributed by atoms with Crippen molar-refractivity contribution in [2.24, 2.45) is 29.6 Å². The molecule has 4 unspecified atom stereocenters.